The molecular formula is C8H14N4O. The number of nitrogens with zero attached hydrogens (tertiary/aromatic N) is 4. The molecule has 1 heterocycles. The van der Waals surface area contributed by atoms with Crippen LogP contribution in [0.3, 0.4) is 0 Å². The van der Waals surface area contributed by atoms with E-state index in [-0.39, 0.29) is 0 Å². The second kappa shape index (κ2) is 4.67. The second-order valence-corrected chi connectivity index (χ2v) is 3.01. The van der Waals surface area contributed by atoms with Crippen molar-refractivity contribution in [2.75, 3.05) is 40.4 Å². The van der Waals surface area contributed by atoms with Gasteiger partial charge in [0.2, 0.25) is 12.2 Å². The predicted octanol–water partition coefficient (Wildman–Crippen LogP) is -0.283. The molecule has 72 valence electrons. The Morgan fingerprint density at radius 2 is 2.08 bits per heavy atom. The van der Waals surface area contributed by atoms with Crippen LogP contribution in [0.5, 0.6) is 0 Å². The van der Waals surface area contributed by atoms with Gasteiger partial charge in [0.1, 0.15) is 0 Å². The normalized spacial score (nSPS) is 18.2. The average molecular weight is 182 g/mol. The van der Waals surface area contributed by atoms with Gasteiger partial charge >= 0.3 is 0 Å². The van der Waals surface area contributed by atoms with Gasteiger partial charge in [-0.05, 0) is 0 Å². The summed E-state index contributed by atoms with van der Waals surface area (Å²) in [7, 11) is 3.76. The third-order valence-corrected chi connectivity index (χ3v) is 1.84. The van der Waals surface area contributed by atoms with Crippen molar-refractivity contribution in [2.24, 2.45) is 4.99 Å². The molecule has 0 radical (unpaired) electrons. The van der Waals surface area contributed by atoms with Gasteiger partial charge in [0, 0.05) is 27.2 Å². The largest absolute Gasteiger partial charge is 0.378 e. The van der Waals surface area contributed by atoms with Crippen LogP contribution in [-0.4, -0.2) is 56.2 Å². The molecule has 0 aromatic rings. The van der Waals surface area contributed by atoms with Crippen LogP contribution in [0.15, 0.2) is 4.99 Å². The zero-order chi connectivity index (χ0) is 9.68. The number of morpholine rings is 1. The lowest BCUT2D eigenvalue weighted by Crippen LogP contribution is -2.46. The van der Waals surface area contributed by atoms with Gasteiger partial charge in [-0.2, -0.15) is 5.26 Å². The first-order chi connectivity index (χ1) is 6.25. The molecule has 0 amide bonds. The topological polar surface area (TPSA) is 51.9 Å². The van der Waals surface area contributed by atoms with Crippen molar-refractivity contribution in [2.45, 2.75) is 0 Å². The van der Waals surface area contributed by atoms with Crippen LogP contribution in [0.25, 0.3) is 0 Å². The molecule has 0 atom stereocenters. The average Bonchev–Trinajstić information content (AvgIpc) is 2.15. The van der Waals surface area contributed by atoms with E-state index in [1.807, 2.05) is 30.1 Å². The van der Waals surface area contributed by atoms with E-state index in [1.54, 1.807) is 0 Å². The summed E-state index contributed by atoms with van der Waals surface area (Å²) in [5.74, 6) is 0.714. The van der Waals surface area contributed by atoms with Gasteiger partial charge < -0.3 is 14.5 Å². The molecule has 1 aliphatic rings. The van der Waals surface area contributed by atoms with Crippen LogP contribution in [0.2, 0.25) is 0 Å². The lowest BCUT2D eigenvalue weighted by Gasteiger charge is -2.32. The molecule has 1 fully saturated rings. The lowest BCUT2D eigenvalue weighted by atomic mass is 10.4. The van der Waals surface area contributed by atoms with E-state index < -0.39 is 0 Å². The zero-order valence-electron chi connectivity index (χ0n) is 8.03. The number of hydrogen-bond acceptors (Lipinski definition) is 3. The summed E-state index contributed by atoms with van der Waals surface area (Å²) in [6, 6.07) is 0. The molecule has 0 aliphatic carbocycles. The number of guanidine groups is 1. The van der Waals surface area contributed by atoms with Crippen molar-refractivity contribution < 1.29 is 4.74 Å². The molecule has 5 nitrogen and oxygen atoms in total. The van der Waals surface area contributed by atoms with E-state index in [0.717, 1.165) is 13.1 Å². The maximum absolute atomic E-state index is 8.49. The van der Waals surface area contributed by atoms with Crippen molar-refractivity contribution in [1.29, 1.82) is 5.26 Å². The lowest BCUT2D eigenvalue weighted by molar-refractivity contribution is 0.0638. The van der Waals surface area contributed by atoms with E-state index in [9.17, 15) is 0 Å². The monoisotopic (exact) mass is 182 g/mol. The van der Waals surface area contributed by atoms with Crippen molar-refractivity contribution in [3.8, 4) is 6.19 Å². The Bertz CT molecular complexity index is 225. The van der Waals surface area contributed by atoms with Crippen LogP contribution in [0, 0.1) is 11.5 Å². The van der Waals surface area contributed by atoms with Gasteiger partial charge in [-0.3, -0.25) is 0 Å². The second-order valence-electron chi connectivity index (χ2n) is 3.01. The number of nitriles is 1. The van der Waals surface area contributed by atoms with E-state index in [1.165, 1.54) is 0 Å². The minimum atomic E-state index is 0.707. The van der Waals surface area contributed by atoms with Crippen LogP contribution >= 0.6 is 0 Å². The summed E-state index contributed by atoms with van der Waals surface area (Å²) in [6.07, 6.45) is 1.81. The number of rotatable bonds is 0. The summed E-state index contributed by atoms with van der Waals surface area (Å²) in [5.41, 5.74) is 0. The molecule has 0 unspecified atom stereocenters. The van der Waals surface area contributed by atoms with Crippen molar-refractivity contribution in [3.63, 3.8) is 0 Å². The Labute approximate surface area is 78.2 Å². The highest BCUT2D eigenvalue weighted by molar-refractivity contribution is 5.80. The summed E-state index contributed by atoms with van der Waals surface area (Å²) in [6.45, 7) is 3.02. The minimum absolute atomic E-state index is 0.707. The molecule has 1 saturated heterocycles. The fraction of sp³-hybridized carbons (Fsp3) is 0.750. The minimum Gasteiger partial charge on any atom is -0.378 e. The Morgan fingerprint density at radius 3 is 2.54 bits per heavy atom. The first-order valence-electron chi connectivity index (χ1n) is 4.22. The quantitative estimate of drug-likeness (QED) is 0.294. The van der Waals surface area contributed by atoms with E-state index in [2.05, 4.69) is 4.99 Å². The Balaban J connectivity index is 2.64. The maximum atomic E-state index is 8.49. The fourth-order valence-electron chi connectivity index (χ4n) is 1.26. The number of hydrogen-bond donors (Lipinski definition) is 0. The van der Waals surface area contributed by atoms with Crippen LogP contribution in [0.4, 0.5) is 0 Å². The SMILES string of the molecule is CN(C)C(=NC#N)N1CCOCC1. The molecule has 0 aromatic carbocycles. The molecule has 13 heavy (non-hydrogen) atoms. The fourth-order valence-corrected chi connectivity index (χ4v) is 1.26. The molecule has 0 bridgehead atoms. The Hall–Kier alpha value is -1.28. The number of aliphatic imine (C=N–C) groups is 1. The van der Waals surface area contributed by atoms with Gasteiger partial charge in [0.05, 0.1) is 13.2 Å². The van der Waals surface area contributed by atoms with Crippen LogP contribution < -0.4 is 0 Å². The third-order valence-electron chi connectivity index (χ3n) is 1.84. The van der Waals surface area contributed by atoms with E-state index >= 15 is 0 Å². The molecule has 1 aliphatic heterocycles. The summed E-state index contributed by atoms with van der Waals surface area (Å²) in [5, 5.41) is 8.49. The maximum Gasteiger partial charge on any atom is 0.212 e. The van der Waals surface area contributed by atoms with E-state index in [4.69, 9.17) is 10.00 Å². The summed E-state index contributed by atoms with van der Waals surface area (Å²) in [4.78, 5) is 7.66. The summed E-state index contributed by atoms with van der Waals surface area (Å²) < 4.78 is 5.21. The van der Waals surface area contributed by atoms with Crippen LogP contribution in [0.1, 0.15) is 0 Å². The highest BCUT2D eigenvalue weighted by Gasteiger charge is 2.16. The van der Waals surface area contributed by atoms with Crippen molar-refractivity contribution in [3.05, 3.63) is 0 Å². The first kappa shape index (κ1) is 9.81. The van der Waals surface area contributed by atoms with Gasteiger partial charge in [0.25, 0.3) is 0 Å². The Kier molecular flexibility index (Phi) is 3.53. The van der Waals surface area contributed by atoms with Gasteiger partial charge in [-0.15, -0.1) is 4.99 Å². The standard InChI is InChI=1S/C8H14N4O/c1-11(2)8(10-7-9)12-3-5-13-6-4-12/h3-6H2,1-2H3. The number of ether oxygens (including phenoxy) is 1. The van der Waals surface area contributed by atoms with Crippen molar-refractivity contribution in [1.82, 2.24) is 9.80 Å². The third kappa shape index (κ3) is 2.60. The molecule has 0 aromatic heterocycles. The molecule has 0 N–H and O–H groups in total. The van der Waals surface area contributed by atoms with Crippen LogP contribution in [-0.2, 0) is 4.74 Å². The first-order valence-corrected chi connectivity index (χ1v) is 4.22. The molecule has 0 saturated carbocycles. The summed E-state index contributed by atoms with van der Waals surface area (Å²) >= 11 is 0. The van der Waals surface area contributed by atoms with E-state index in [0.29, 0.717) is 19.2 Å². The van der Waals surface area contributed by atoms with Gasteiger partial charge in [-0.25, -0.2) is 0 Å². The smallest absolute Gasteiger partial charge is 0.212 e. The molecule has 0 spiro atoms. The van der Waals surface area contributed by atoms with Gasteiger partial charge in [-0.1, -0.05) is 0 Å². The van der Waals surface area contributed by atoms with Crippen molar-refractivity contribution >= 4 is 5.96 Å². The molecular weight excluding hydrogens is 168 g/mol. The highest BCUT2D eigenvalue weighted by Crippen LogP contribution is 2.00. The zero-order valence-corrected chi connectivity index (χ0v) is 8.03. The van der Waals surface area contributed by atoms with Gasteiger partial charge in [0.15, 0.2) is 0 Å². The highest BCUT2D eigenvalue weighted by atomic mass is 16.5. The predicted molar refractivity (Wildman–Crippen MR) is 49.1 cm³/mol. The Morgan fingerprint density at radius 1 is 1.46 bits per heavy atom. The molecule has 5 heteroatoms. The molecule has 1 rings (SSSR count).